The van der Waals surface area contributed by atoms with Crippen LogP contribution >= 0.6 is 15.9 Å². The van der Waals surface area contributed by atoms with Gasteiger partial charge >= 0.3 is 0 Å². The van der Waals surface area contributed by atoms with E-state index in [1.54, 1.807) is 0 Å². The number of hydrogen-bond donors (Lipinski definition) is 0. The maximum absolute atomic E-state index is 12.3. The molecule has 1 unspecified atom stereocenters. The summed E-state index contributed by atoms with van der Waals surface area (Å²) in [6.45, 7) is 9.18. The Kier molecular flexibility index (Phi) is 5.75. The summed E-state index contributed by atoms with van der Waals surface area (Å²) in [6.07, 6.45) is 1.17. The number of halogens is 1. The molecule has 4 heteroatoms. The number of Topliss-reactive ketones (excluding diaryl/α,β-unsaturated/α-hetero) is 1. The van der Waals surface area contributed by atoms with Crippen LogP contribution in [-0.4, -0.2) is 54.3 Å². The lowest BCUT2D eigenvalue weighted by Crippen LogP contribution is -2.38. The van der Waals surface area contributed by atoms with Crippen LogP contribution < -0.4 is 0 Å². The molecular formula is C16H23BrN2O. The number of nitrogens with zero attached hydrogens (tertiary/aromatic N) is 2. The van der Waals surface area contributed by atoms with Crippen molar-refractivity contribution in [1.29, 1.82) is 0 Å². The number of hydrogen-bond acceptors (Lipinski definition) is 3. The highest BCUT2D eigenvalue weighted by Crippen LogP contribution is 2.17. The zero-order valence-electron chi connectivity index (χ0n) is 12.3. The maximum atomic E-state index is 12.3. The van der Waals surface area contributed by atoms with E-state index in [0.29, 0.717) is 12.6 Å². The quantitative estimate of drug-likeness (QED) is 0.745. The highest BCUT2D eigenvalue weighted by molar-refractivity contribution is 9.10. The molecule has 3 nitrogen and oxygen atoms in total. The van der Waals surface area contributed by atoms with Crippen LogP contribution in [0.3, 0.4) is 0 Å². The fourth-order valence-electron chi connectivity index (χ4n) is 2.95. The van der Waals surface area contributed by atoms with Gasteiger partial charge in [-0.2, -0.15) is 0 Å². The number of carbonyl (C=O) groups excluding carboxylic acids is 1. The largest absolute Gasteiger partial charge is 0.300 e. The molecule has 1 aromatic carbocycles. The van der Waals surface area contributed by atoms with Gasteiger partial charge in [0, 0.05) is 29.2 Å². The molecule has 0 amide bonds. The molecule has 1 atom stereocenters. The number of likely N-dealkylation sites (N-methyl/N-ethyl adjacent to an activating group) is 1. The Morgan fingerprint density at radius 1 is 1.40 bits per heavy atom. The van der Waals surface area contributed by atoms with Gasteiger partial charge in [0.05, 0.1) is 6.54 Å². The van der Waals surface area contributed by atoms with E-state index in [2.05, 4.69) is 39.6 Å². The van der Waals surface area contributed by atoms with Crippen molar-refractivity contribution in [3.8, 4) is 0 Å². The molecule has 110 valence electrons. The van der Waals surface area contributed by atoms with Gasteiger partial charge in [-0.3, -0.25) is 14.6 Å². The Hall–Kier alpha value is -0.710. The number of carbonyl (C=O) groups is 1. The van der Waals surface area contributed by atoms with Gasteiger partial charge in [-0.1, -0.05) is 41.9 Å². The number of ketones is 1. The van der Waals surface area contributed by atoms with Crippen molar-refractivity contribution < 1.29 is 4.79 Å². The molecule has 0 radical (unpaired) electrons. The summed E-state index contributed by atoms with van der Waals surface area (Å²) in [7, 11) is 0. The molecule has 0 N–H and O–H groups in total. The van der Waals surface area contributed by atoms with Crippen LogP contribution in [0.1, 0.15) is 30.6 Å². The Morgan fingerprint density at radius 2 is 2.15 bits per heavy atom. The standard InChI is InChI=1S/C16H23BrN2O/c1-3-19(4-2)15-8-9-18(11-15)12-16(20)13-6-5-7-14(17)10-13/h5-7,10,15H,3-4,8-9,11-12H2,1-2H3. The Balaban J connectivity index is 1.90. The van der Waals surface area contributed by atoms with Crippen LogP contribution in [0.25, 0.3) is 0 Å². The summed E-state index contributed by atoms with van der Waals surface area (Å²) in [5, 5.41) is 0. The highest BCUT2D eigenvalue weighted by atomic mass is 79.9. The zero-order valence-corrected chi connectivity index (χ0v) is 13.9. The third kappa shape index (κ3) is 3.90. The van der Waals surface area contributed by atoms with E-state index >= 15 is 0 Å². The molecule has 2 rings (SSSR count). The summed E-state index contributed by atoms with van der Waals surface area (Å²) in [6, 6.07) is 8.27. The smallest absolute Gasteiger partial charge is 0.176 e. The monoisotopic (exact) mass is 338 g/mol. The Bertz CT molecular complexity index is 460. The van der Waals surface area contributed by atoms with Gasteiger partial charge in [-0.25, -0.2) is 0 Å². The fourth-order valence-corrected chi connectivity index (χ4v) is 3.35. The lowest BCUT2D eigenvalue weighted by Gasteiger charge is -2.26. The first-order valence-electron chi connectivity index (χ1n) is 7.39. The summed E-state index contributed by atoms with van der Waals surface area (Å²) in [4.78, 5) is 17.1. The van der Waals surface area contributed by atoms with E-state index in [4.69, 9.17) is 0 Å². The van der Waals surface area contributed by atoms with E-state index < -0.39 is 0 Å². The lowest BCUT2D eigenvalue weighted by molar-refractivity contribution is 0.0939. The molecule has 0 bridgehead atoms. The van der Waals surface area contributed by atoms with Crippen LogP contribution in [0.4, 0.5) is 0 Å². The molecule has 1 saturated heterocycles. The first kappa shape index (κ1) is 15.7. The van der Waals surface area contributed by atoms with Crippen LogP contribution in [0.2, 0.25) is 0 Å². The van der Waals surface area contributed by atoms with Crippen molar-refractivity contribution in [1.82, 2.24) is 9.80 Å². The third-order valence-corrected chi connectivity index (χ3v) is 4.58. The van der Waals surface area contributed by atoms with Crippen LogP contribution in [0.5, 0.6) is 0 Å². The first-order chi connectivity index (χ1) is 9.63. The minimum Gasteiger partial charge on any atom is -0.300 e. The van der Waals surface area contributed by atoms with Crippen molar-refractivity contribution >= 4 is 21.7 Å². The predicted octanol–water partition coefficient (Wildman–Crippen LogP) is 3.05. The first-order valence-corrected chi connectivity index (χ1v) is 8.18. The van der Waals surface area contributed by atoms with Crippen molar-refractivity contribution in [2.75, 3.05) is 32.7 Å². The maximum Gasteiger partial charge on any atom is 0.176 e. The minimum absolute atomic E-state index is 0.214. The molecule has 0 aromatic heterocycles. The van der Waals surface area contributed by atoms with Gasteiger partial charge in [0.2, 0.25) is 0 Å². The second-order valence-electron chi connectivity index (χ2n) is 5.33. The second-order valence-corrected chi connectivity index (χ2v) is 6.25. The third-order valence-electron chi connectivity index (χ3n) is 4.09. The van der Waals surface area contributed by atoms with E-state index in [0.717, 1.165) is 36.2 Å². The Morgan fingerprint density at radius 3 is 2.80 bits per heavy atom. The summed E-state index contributed by atoms with van der Waals surface area (Å²) in [5.74, 6) is 0.214. The van der Waals surface area contributed by atoms with E-state index in [9.17, 15) is 4.79 Å². The van der Waals surface area contributed by atoms with Gasteiger partial charge in [-0.05, 0) is 31.6 Å². The van der Waals surface area contributed by atoms with E-state index in [1.165, 1.54) is 6.42 Å². The molecular weight excluding hydrogens is 316 g/mol. The highest BCUT2D eigenvalue weighted by Gasteiger charge is 2.27. The lowest BCUT2D eigenvalue weighted by atomic mass is 10.1. The van der Waals surface area contributed by atoms with E-state index in [-0.39, 0.29) is 5.78 Å². The van der Waals surface area contributed by atoms with Crippen molar-refractivity contribution in [2.24, 2.45) is 0 Å². The van der Waals surface area contributed by atoms with Gasteiger partial charge in [0.15, 0.2) is 5.78 Å². The van der Waals surface area contributed by atoms with Crippen LogP contribution in [0, 0.1) is 0 Å². The van der Waals surface area contributed by atoms with Gasteiger partial charge in [-0.15, -0.1) is 0 Å². The summed E-state index contributed by atoms with van der Waals surface area (Å²) < 4.78 is 0.964. The van der Waals surface area contributed by atoms with E-state index in [1.807, 2.05) is 24.3 Å². The van der Waals surface area contributed by atoms with Gasteiger partial charge in [0.25, 0.3) is 0 Å². The fraction of sp³-hybridized carbons (Fsp3) is 0.562. The molecule has 0 aliphatic carbocycles. The number of likely N-dealkylation sites (tertiary alicyclic amines) is 1. The summed E-state index contributed by atoms with van der Waals surface area (Å²) in [5.41, 5.74) is 0.797. The van der Waals surface area contributed by atoms with Crippen molar-refractivity contribution in [2.45, 2.75) is 26.3 Å². The molecule has 1 aromatic rings. The molecule has 1 fully saturated rings. The number of benzene rings is 1. The van der Waals surface area contributed by atoms with Gasteiger partial charge < -0.3 is 0 Å². The van der Waals surface area contributed by atoms with Crippen molar-refractivity contribution in [3.63, 3.8) is 0 Å². The number of rotatable bonds is 6. The minimum atomic E-state index is 0.214. The Labute approximate surface area is 130 Å². The molecule has 1 aliphatic heterocycles. The second kappa shape index (κ2) is 7.34. The average molecular weight is 339 g/mol. The topological polar surface area (TPSA) is 23.6 Å². The molecule has 1 heterocycles. The average Bonchev–Trinajstić information content (AvgIpc) is 2.88. The predicted molar refractivity (Wildman–Crippen MR) is 86.2 cm³/mol. The molecule has 0 spiro atoms. The van der Waals surface area contributed by atoms with Crippen LogP contribution in [-0.2, 0) is 0 Å². The molecule has 20 heavy (non-hydrogen) atoms. The van der Waals surface area contributed by atoms with Crippen LogP contribution in [0.15, 0.2) is 28.7 Å². The van der Waals surface area contributed by atoms with Crippen molar-refractivity contribution in [3.05, 3.63) is 34.3 Å². The molecule has 0 saturated carbocycles. The normalized spacial score (nSPS) is 19.7. The summed E-state index contributed by atoms with van der Waals surface area (Å²) >= 11 is 3.42. The SMILES string of the molecule is CCN(CC)C1CCN(CC(=O)c2cccc(Br)c2)C1. The zero-order chi connectivity index (χ0) is 14.5. The molecule has 1 aliphatic rings. The van der Waals surface area contributed by atoms with Gasteiger partial charge in [0.1, 0.15) is 0 Å².